The van der Waals surface area contributed by atoms with Crippen LogP contribution in [0.15, 0.2) is 35.3 Å². The van der Waals surface area contributed by atoms with Crippen LogP contribution in [0.25, 0.3) is 0 Å². The summed E-state index contributed by atoms with van der Waals surface area (Å²) < 4.78 is 11.0. The average molecular weight is 277 g/mol. The molecule has 0 saturated carbocycles. The Hall–Kier alpha value is -1.59. The summed E-state index contributed by atoms with van der Waals surface area (Å²) in [6.07, 6.45) is 0.102. The zero-order valence-corrected chi connectivity index (χ0v) is 12.2. The van der Waals surface area contributed by atoms with Crippen LogP contribution in [0.3, 0.4) is 0 Å². The minimum absolute atomic E-state index is 0.102. The standard InChI is InChI=1S/C15H23N3O2/c1-18(2)15(16-10-13-6-4-3-5-7-13)17-11-14-12-19-8-9-20-14/h3-7,14H,8-12H2,1-2H3,(H,16,17). The SMILES string of the molecule is CN(C)C(=NCc1ccccc1)NCC1COCCO1. The van der Waals surface area contributed by atoms with Crippen molar-refractivity contribution in [2.75, 3.05) is 40.5 Å². The van der Waals surface area contributed by atoms with Gasteiger partial charge in [-0.25, -0.2) is 4.99 Å². The Morgan fingerprint density at radius 2 is 2.10 bits per heavy atom. The highest BCUT2D eigenvalue weighted by Gasteiger charge is 2.14. The van der Waals surface area contributed by atoms with Crippen molar-refractivity contribution in [3.05, 3.63) is 35.9 Å². The molecule has 1 fully saturated rings. The third-order valence-electron chi connectivity index (χ3n) is 3.05. The Bertz CT molecular complexity index is 414. The fraction of sp³-hybridized carbons (Fsp3) is 0.533. The first-order valence-electron chi connectivity index (χ1n) is 6.94. The molecule has 0 spiro atoms. The second kappa shape index (κ2) is 7.87. The maximum Gasteiger partial charge on any atom is 0.193 e. The highest BCUT2D eigenvalue weighted by molar-refractivity contribution is 5.79. The second-order valence-corrected chi connectivity index (χ2v) is 4.97. The predicted octanol–water partition coefficient (Wildman–Crippen LogP) is 1.11. The summed E-state index contributed by atoms with van der Waals surface area (Å²) >= 11 is 0. The summed E-state index contributed by atoms with van der Waals surface area (Å²) in [5.41, 5.74) is 1.20. The fourth-order valence-electron chi connectivity index (χ4n) is 1.96. The molecule has 0 amide bonds. The van der Waals surface area contributed by atoms with Crippen LogP contribution in [-0.2, 0) is 16.0 Å². The Balaban J connectivity index is 1.86. The van der Waals surface area contributed by atoms with Crippen molar-refractivity contribution in [2.45, 2.75) is 12.6 Å². The predicted molar refractivity (Wildman–Crippen MR) is 79.8 cm³/mol. The van der Waals surface area contributed by atoms with Gasteiger partial charge in [-0.05, 0) is 5.56 Å². The molecular weight excluding hydrogens is 254 g/mol. The van der Waals surface area contributed by atoms with E-state index in [2.05, 4.69) is 22.4 Å². The number of guanidine groups is 1. The van der Waals surface area contributed by atoms with Crippen molar-refractivity contribution in [3.8, 4) is 0 Å². The van der Waals surface area contributed by atoms with Crippen LogP contribution in [0.4, 0.5) is 0 Å². The molecule has 1 N–H and O–H groups in total. The summed E-state index contributed by atoms with van der Waals surface area (Å²) in [5, 5.41) is 3.33. The summed E-state index contributed by atoms with van der Waals surface area (Å²) in [7, 11) is 3.96. The van der Waals surface area contributed by atoms with Gasteiger partial charge in [0.2, 0.25) is 0 Å². The topological polar surface area (TPSA) is 46.1 Å². The van der Waals surface area contributed by atoms with Crippen molar-refractivity contribution >= 4 is 5.96 Å². The van der Waals surface area contributed by atoms with E-state index < -0.39 is 0 Å². The van der Waals surface area contributed by atoms with Crippen LogP contribution >= 0.6 is 0 Å². The van der Waals surface area contributed by atoms with Gasteiger partial charge in [0.05, 0.1) is 32.5 Å². The van der Waals surface area contributed by atoms with Gasteiger partial charge >= 0.3 is 0 Å². The Kier molecular flexibility index (Phi) is 5.83. The number of hydrogen-bond donors (Lipinski definition) is 1. The summed E-state index contributed by atoms with van der Waals surface area (Å²) in [6, 6.07) is 10.2. The van der Waals surface area contributed by atoms with Crippen LogP contribution in [0.5, 0.6) is 0 Å². The van der Waals surface area contributed by atoms with Crippen LogP contribution in [0.1, 0.15) is 5.56 Å². The van der Waals surface area contributed by atoms with Gasteiger partial charge in [-0.2, -0.15) is 0 Å². The number of rotatable bonds is 4. The molecule has 1 unspecified atom stereocenters. The van der Waals surface area contributed by atoms with E-state index in [0.717, 1.165) is 5.96 Å². The molecule has 0 aromatic heterocycles. The lowest BCUT2D eigenvalue weighted by molar-refractivity contribution is -0.0851. The van der Waals surface area contributed by atoms with Crippen LogP contribution in [0.2, 0.25) is 0 Å². The van der Waals surface area contributed by atoms with E-state index in [9.17, 15) is 0 Å². The van der Waals surface area contributed by atoms with E-state index in [1.54, 1.807) is 0 Å². The molecular formula is C15H23N3O2. The number of aliphatic imine (C=N–C) groups is 1. The number of benzene rings is 1. The third kappa shape index (κ3) is 4.83. The average Bonchev–Trinajstić information content (AvgIpc) is 2.49. The van der Waals surface area contributed by atoms with Crippen molar-refractivity contribution in [1.29, 1.82) is 0 Å². The van der Waals surface area contributed by atoms with Gasteiger partial charge < -0.3 is 19.7 Å². The van der Waals surface area contributed by atoms with Crippen molar-refractivity contribution < 1.29 is 9.47 Å². The van der Waals surface area contributed by atoms with Crippen LogP contribution in [0, 0.1) is 0 Å². The third-order valence-corrected chi connectivity index (χ3v) is 3.05. The molecule has 1 aliphatic rings. The quantitative estimate of drug-likeness (QED) is 0.661. The second-order valence-electron chi connectivity index (χ2n) is 4.97. The first kappa shape index (κ1) is 14.8. The number of nitrogens with zero attached hydrogens (tertiary/aromatic N) is 2. The highest BCUT2D eigenvalue weighted by atomic mass is 16.6. The van der Waals surface area contributed by atoms with E-state index >= 15 is 0 Å². The number of hydrogen-bond acceptors (Lipinski definition) is 3. The maximum atomic E-state index is 5.61. The van der Waals surface area contributed by atoms with Crippen LogP contribution < -0.4 is 5.32 Å². The van der Waals surface area contributed by atoms with Crippen molar-refractivity contribution in [2.24, 2.45) is 4.99 Å². The summed E-state index contributed by atoms with van der Waals surface area (Å²) in [6.45, 7) is 3.39. The number of nitrogens with one attached hydrogen (secondary N) is 1. The molecule has 20 heavy (non-hydrogen) atoms. The maximum absolute atomic E-state index is 5.61. The van der Waals surface area contributed by atoms with Crippen molar-refractivity contribution in [1.82, 2.24) is 10.2 Å². The minimum Gasteiger partial charge on any atom is -0.376 e. The minimum atomic E-state index is 0.102. The van der Waals surface area contributed by atoms with Crippen LogP contribution in [-0.4, -0.2) is 57.4 Å². The van der Waals surface area contributed by atoms with E-state index in [0.29, 0.717) is 32.9 Å². The molecule has 110 valence electrons. The normalized spacial score (nSPS) is 19.7. The molecule has 1 saturated heterocycles. The molecule has 1 aromatic carbocycles. The molecule has 5 nitrogen and oxygen atoms in total. The van der Waals surface area contributed by atoms with Gasteiger partial charge in [0.25, 0.3) is 0 Å². The molecule has 1 heterocycles. The molecule has 1 aliphatic heterocycles. The number of ether oxygens (including phenoxy) is 2. The molecule has 1 atom stereocenters. The molecule has 1 aromatic rings. The zero-order chi connectivity index (χ0) is 14.2. The van der Waals surface area contributed by atoms with E-state index in [-0.39, 0.29) is 6.10 Å². The first-order valence-corrected chi connectivity index (χ1v) is 6.94. The van der Waals surface area contributed by atoms with Gasteiger partial charge in [0.1, 0.15) is 0 Å². The van der Waals surface area contributed by atoms with E-state index in [1.165, 1.54) is 5.56 Å². The Morgan fingerprint density at radius 1 is 1.30 bits per heavy atom. The lowest BCUT2D eigenvalue weighted by Gasteiger charge is -2.25. The lowest BCUT2D eigenvalue weighted by atomic mass is 10.2. The van der Waals surface area contributed by atoms with Gasteiger partial charge in [-0.3, -0.25) is 0 Å². The molecule has 5 heteroatoms. The molecule has 2 rings (SSSR count). The van der Waals surface area contributed by atoms with Gasteiger partial charge in [-0.1, -0.05) is 30.3 Å². The van der Waals surface area contributed by atoms with E-state index in [1.807, 2.05) is 37.2 Å². The fourth-order valence-corrected chi connectivity index (χ4v) is 1.96. The molecule has 0 bridgehead atoms. The van der Waals surface area contributed by atoms with E-state index in [4.69, 9.17) is 9.47 Å². The van der Waals surface area contributed by atoms with Gasteiger partial charge in [0.15, 0.2) is 5.96 Å². The molecule has 0 radical (unpaired) electrons. The summed E-state index contributed by atoms with van der Waals surface area (Å²) in [4.78, 5) is 6.59. The highest BCUT2D eigenvalue weighted by Crippen LogP contribution is 2.02. The van der Waals surface area contributed by atoms with Crippen molar-refractivity contribution in [3.63, 3.8) is 0 Å². The zero-order valence-electron chi connectivity index (χ0n) is 12.2. The first-order chi connectivity index (χ1) is 9.75. The monoisotopic (exact) mass is 277 g/mol. The Morgan fingerprint density at radius 3 is 2.75 bits per heavy atom. The largest absolute Gasteiger partial charge is 0.376 e. The summed E-state index contributed by atoms with van der Waals surface area (Å²) in [5.74, 6) is 0.864. The van der Waals surface area contributed by atoms with Gasteiger partial charge in [0, 0.05) is 20.6 Å². The molecule has 0 aliphatic carbocycles. The van der Waals surface area contributed by atoms with Gasteiger partial charge in [-0.15, -0.1) is 0 Å². The Labute approximate surface area is 120 Å². The lowest BCUT2D eigenvalue weighted by Crippen LogP contribution is -2.44. The smallest absolute Gasteiger partial charge is 0.193 e.